The molecule has 0 bridgehead atoms. The van der Waals surface area contributed by atoms with E-state index >= 15 is 0 Å². The molecule has 25 heavy (non-hydrogen) atoms. The summed E-state index contributed by atoms with van der Waals surface area (Å²) < 4.78 is 5.89. The minimum Gasteiger partial charge on any atom is -0.376 e. The van der Waals surface area contributed by atoms with Crippen molar-refractivity contribution in [1.82, 2.24) is 15.5 Å². The first kappa shape index (κ1) is 24.2. The Balaban J connectivity index is 0.00000576. The normalized spacial score (nSPS) is 20.6. The van der Waals surface area contributed by atoms with Crippen LogP contribution in [0.15, 0.2) is 17.1 Å². The first-order chi connectivity index (χ1) is 11.3. The molecule has 0 unspecified atom stereocenters. The highest BCUT2D eigenvalue weighted by Crippen LogP contribution is 2.22. The number of guanidine groups is 1. The maximum Gasteiger partial charge on any atom is 0.243 e. The minimum atomic E-state index is -0.0135. The molecular weight excluding hydrogens is 431 g/mol. The molecule has 0 aromatic heterocycles. The lowest BCUT2D eigenvalue weighted by atomic mass is 9.93. The van der Waals surface area contributed by atoms with Crippen LogP contribution in [0.5, 0.6) is 0 Å². The van der Waals surface area contributed by atoms with Crippen LogP contribution in [0.4, 0.5) is 0 Å². The van der Waals surface area contributed by atoms with Crippen LogP contribution < -0.4 is 10.6 Å². The standard InChI is InChI=1S/C18H34N4O2.HI/c1-13(2)11-19-18(20-12-17(23)22(5)6)21-15-7-9-16(10-8-15)24-14(3)4;/h14-16H,1,7-12H2,2-6H3,(H2,19,20,21);1H. The number of aliphatic imine (C=N–C) groups is 1. The second kappa shape index (κ2) is 12.5. The van der Waals surface area contributed by atoms with Crippen LogP contribution in [0.3, 0.4) is 0 Å². The van der Waals surface area contributed by atoms with Crippen molar-refractivity contribution in [2.45, 2.75) is 64.7 Å². The lowest BCUT2D eigenvalue weighted by Crippen LogP contribution is -2.46. The molecule has 1 saturated carbocycles. The number of hydrogen-bond acceptors (Lipinski definition) is 3. The van der Waals surface area contributed by atoms with E-state index < -0.39 is 0 Å². The summed E-state index contributed by atoms with van der Waals surface area (Å²) in [7, 11) is 3.48. The van der Waals surface area contributed by atoms with Gasteiger partial charge >= 0.3 is 0 Å². The molecule has 146 valence electrons. The van der Waals surface area contributed by atoms with E-state index in [-0.39, 0.29) is 42.5 Å². The molecular formula is C18H35IN4O2. The summed E-state index contributed by atoms with van der Waals surface area (Å²) in [5, 5.41) is 6.69. The molecule has 0 aromatic rings. The molecule has 2 N–H and O–H groups in total. The minimum absolute atomic E-state index is 0. The monoisotopic (exact) mass is 466 g/mol. The number of nitrogens with one attached hydrogen (secondary N) is 2. The van der Waals surface area contributed by atoms with E-state index in [4.69, 9.17) is 4.74 Å². The van der Waals surface area contributed by atoms with Gasteiger partial charge in [-0.25, -0.2) is 4.99 Å². The number of rotatable bonds is 7. The van der Waals surface area contributed by atoms with Gasteiger partial charge in [0.05, 0.1) is 12.2 Å². The van der Waals surface area contributed by atoms with Gasteiger partial charge in [-0.15, -0.1) is 24.0 Å². The molecule has 1 fully saturated rings. The van der Waals surface area contributed by atoms with Crippen molar-refractivity contribution < 1.29 is 9.53 Å². The fraction of sp³-hybridized carbons (Fsp3) is 0.778. The van der Waals surface area contributed by atoms with Gasteiger partial charge < -0.3 is 20.3 Å². The molecule has 1 rings (SSSR count). The van der Waals surface area contributed by atoms with Crippen LogP contribution in [0.25, 0.3) is 0 Å². The van der Waals surface area contributed by atoms with E-state index in [2.05, 4.69) is 36.1 Å². The van der Waals surface area contributed by atoms with Crippen LogP contribution in [0.1, 0.15) is 46.5 Å². The lowest BCUT2D eigenvalue weighted by molar-refractivity contribution is -0.127. The van der Waals surface area contributed by atoms with E-state index in [0.29, 0.717) is 24.7 Å². The Bertz CT molecular complexity index is 444. The molecule has 1 aliphatic carbocycles. The second-order valence-electron chi connectivity index (χ2n) is 7.07. The van der Waals surface area contributed by atoms with Crippen LogP contribution in [0.2, 0.25) is 0 Å². The molecule has 0 aliphatic heterocycles. The molecule has 0 radical (unpaired) electrons. The van der Waals surface area contributed by atoms with Gasteiger partial charge in [-0.3, -0.25) is 4.79 Å². The van der Waals surface area contributed by atoms with Crippen molar-refractivity contribution in [3.05, 3.63) is 12.2 Å². The Morgan fingerprint density at radius 1 is 1.28 bits per heavy atom. The van der Waals surface area contributed by atoms with Crippen LogP contribution >= 0.6 is 24.0 Å². The second-order valence-corrected chi connectivity index (χ2v) is 7.07. The van der Waals surface area contributed by atoms with Gasteiger partial charge in [-0.05, 0) is 46.5 Å². The maximum atomic E-state index is 11.8. The Kier molecular flexibility index (Phi) is 12.1. The molecule has 7 heteroatoms. The number of likely N-dealkylation sites (N-methyl/N-ethyl adjacent to an activating group) is 1. The topological polar surface area (TPSA) is 66.0 Å². The zero-order chi connectivity index (χ0) is 18.1. The quantitative estimate of drug-likeness (QED) is 0.262. The number of carbonyl (C=O) groups is 1. The van der Waals surface area contributed by atoms with Crippen LogP contribution in [0, 0.1) is 0 Å². The summed E-state index contributed by atoms with van der Waals surface area (Å²) in [5.41, 5.74) is 1.03. The van der Waals surface area contributed by atoms with E-state index in [9.17, 15) is 4.79 Å². The molecule has 0 saturated heterocycles. The van der Waals surface area contributed by atoms with Crippen LogP contribution in [-0.4, -0.2) is 62.2 Å². The number of halogens is 1. The lowest BCUT2D eigenvalue weighted by Gasteiger charge is -2.31. The third kappa shape index (κ3) is 10.7. The van der Waals surface area contributed by atoms with Crippen molar-refractivity contribution in [3.8, 4) is 0 Å². The van der Waals surface area contributed by atoms with Gasteiger partial charge in [0, 0.05) is 26.7 Å². The van der Waals surface area contributed by atoms with Gasteiger partial charge in [-0.1, -0.05) is 12.2 Å². The first-order valence-electron chi connectivity index (χ1n) is 8.82. The Hall–Kier alpha value is -0.830. The third-order valence-corrected chi connectivity index (χ3v) is 3.91. The average Bonchev–Trinajstić information content (AvgIpc) is 2.50. The summed E-state index contributed by atoms with van der Waals surface area (Å²) in [4.78, 5) is 17.7. The third-order valence-electron chi connectivity index (χ3n) is 3.91. The molecule has 1 amide bonds. The molecule has 0 heterocycles. The first-order valence-corrected chi connectivity index (χ1v) is 8.82. The van der Waals surface area contributed by atoms with Crippen molar-refractivity contribution in [2.75, 3.05) is 27.2 Å². The number of ether oxygens (including phenoxy) is 1. The number of amides is 1. The molecule has 1 aliphatic rings. The van der Waals surface area contributed by atoms with Crippen molar-refractivity contribution in [1.29, 1.82) is 0 Å². The summed E-state index contributed by atoms with van der Waals surface area (Å²) >= 11 is 0. The summed E-state index contributed by atoms with van der Waals surface area (Å²) in [6.07, 6.45) is 4.85. The molecule has 6 nitrogen and oxygen atoms in total. The van der Waals surface area contributed by atoms with Crippen molar-refractivity contribution >= 4 is 35.8 Å². The van der Waals surface area contributed by atoms with Gasteiger partial charge in [0.25, 0.3) is 0 Å². The summed E-state index contributed by atoms with van der Waals surface area (Å²) in [6.45, 7) is 10.8. The Morgan fingerprint density at radius 2 is 1.88 bits per heavy atom. The van der Waals surface area contributed by atoms with E-state index in [0.717, 1.165) is 31.3 Å². The maximum absolute atomic E-state index is 11.8. The van der Waals surface area contributed by atoms with Gasteiger partial charge in [0.2, 0.25) is 5.91 Å². The largest absolute Gasteiger partial charge is 0.376 e. The summed E-state index contributed by atoms with van der Waals surface area (Å²) in [6, 6.07) is 0.364. The van der Waals surface area contributed by atoms with E-state index in [1.165, 1.54) is 0 Å². The van der Waals surface area contributed by atoms with E-state index in [1.54, 1.807) is 19.0 Å². The van der Waals surface area contributed by atoms with Gasteiger partial charge in [0.15, 0.2) is 5.96 Å². The van der Waals surface area contributed by atoms with Gasteiger partial charge in [0.1, 0.15) is 6.54 Å². The highest BCUT2D eigenvalue weighted by atomic mass is 127. The predicted octanol–water partition coefficient (Wildman–Crippen LogP) is 2.54. The number of hydrogen-bond donors (Lipinski definition) is 2. The fourth-order valence-electron chi connectivity index (χ4n) is 2.60. The van der Waals surface area contributed by atoms with Crippen molar-refractivity contribution in [3.63, 3.8) is 0 Å². The molecule has 0 aromatic carbocycles. The number of nitrogens with zero attached hydrogens (tertiary/aromatic N) is 2. The van der Waals surface area contributed by atoms with Crippen LogP contribution in [-0.2, 0) is 9.53 Å². The molecule has 0 atom stereocenters. The smallest absolute Gasteiger partial charge is 0.243 e. The van der Waals surface area contributed by atoms with Gasteiger partial charge in [-0.2, -0.15) is 0 Å². The highest BCUT2D eigenvalue weighted by molar-refractivity contribution is 14.0. The highest BCUT2D eigenvalue weighted by Gasteiger charge is 2.23. The predicted molar refractivity (Wildman–Crippen MR) is 115 cm³/mol. The van der Waals surface area contributed by atoms with Crippen molar-refractivity contribution in [2.24, 2.45) is 4.99 Å². The zero-order valence-corrected chi connectivity index (χ0v) is 18.6. The zero-order valence-electron chi connectivity index (χ0n) is 16.3. The average molecular weight is 466 g/mol. The number of carbonyl (C=O) groups excluding carboxylic acids is 1. The Labute approximate surface area is 169 Å². The Morgan fingerprint density at radius 3 is 2.36 bits per heavy atom. The molecule has 0 spiro atoms. The fourth-order valence-corrected chi connectivity index (χ4v) is 2.60. The SMILES string of the molecule is C=C(C)CNC(=NCC(=O)N(C)C)NC1CCC(OC(C)C)CC1.I. The van der Waals surface area contributed by atoms with E-state index in [1.807, 2.05) is 6.92 Å². The summed E-state index contributed by atoms with van der Waals surface area (Å²) in [5.74, 6) is 0.668.